The van der Waals surface area contributed by atoms with E-state index in [2.05, 4.69) is 16.4 Å². The monoisotopic (exact) mass is 380 g/mol. The molecule has 2 aliphatic heterocycles. The standard InChI is InChI=1S/C22H28N4O2/c1-14-8-15(2)10-19(9-14)28-16(3)22(27)26-7-5-20-18(13-26)12-24-21(25-20)17-4-6-23-11-17/h8-10,12,16-17,23H,4-7,11,13H2,1-3H3/t16-,17-/m0/s1. The molecule has 28 heavy (non-hydrogen) atoms. The normalized spacial score (nSPS) is 20.0. The molecular weight excluding hydrogens is 352 g/mol. The van der Waals surface area contributed by atoms with Gasteiger partial charge in [0.25, 0.3) is 5.91 Å². The number of carbonyl (C=O) groups excluding carboxylic acids is 1. The summed E-state index contributed by atoms with van der Waals surface area (Å²) in [6.45, 7) is 9.10. The average Bonchev–Trinajstić information content (AvgIpc) is 3.20. The minimum atomic E-state index is -0.521. The maximum atomic E-state index is 12.9. The fraction of sp³-hybridized carbons (Fsp3) is 0.500. The van der Waals surface area contributed by atoms with Crippen molar-refractivity contribution < 1.29 is 9.53 Å². The molecule has 1 fully saturated rings. The first-order valence-electron chi connectivity index (χ1n) is 10.1. The Hall–Kier alpha value is -2.47. The molecule has 1 aromatic heterocycles. The van der Waals surface area contributed by atoms with Gasteiger partial charge in [0, 0.05) is 43.7 Å². The van der Waals surface area contributed by atoms with E-state index >= 15 is 0 Å². The van der Waals surface area contributed by atoms with Crippen LogP contribution in [0.4, 0.5) is 0 Å². The summed E-state index contributed by atoms with van der Waals surface area (Å²) in [6.07, 6.45) is 3.25. The predicted molar refractivity (Wildman–Crippen MR) is 107 cm³/mol. The van der Waals surface area contributed by atoms with Crippen molar-refractivity contribution >= 4 is 5.91 Å². The molecule has 148 valence electrons. The molecular formula is C22H28N4O2. The van der Waals surface area contributed by atoms with Crippen molar-refractivity contribution in [2.75, 3.05) is 19.6 Å². The summed E-state index contributed by atoms with van der Waals surface area (Å²) < 4.78 is 5.94. The predicted octanol–water partition coefficient (Wildman–Crippen LogP) is 2.52. The molecule has 0 radical (unpaired) electrons. The van der Waals surface area contributed by atoms with E-state index in [1.54, 1.807) is 0 Å². The van der Waals surface area contributed by atoms with Crippen LogP contribution < -0.4 is 10.1 Å². The lowest BCUT2D eigenvalue weighted by Gasteiger charge is -2.30. The zero-order valence-corrected chi connectivity index (χ0v) is 16.9. The van der Waals surface area contributed by atoms with Gasteiger partial charge in [0.05, 0.1) is 5.69 Å². The molecule has 0 bridgehead atoms. The molecule has 0 saturated carbocycles. The molecule has 4 rings (SSSR count). The van der Waals surface area contributed by atoms with Gasteiger partial charge in [0.1, 0.15) is 11.6 Å². The molecule has 6 heteroatoms. The third-order valence-corrected chi connectivity index (χ3v) is 5.55. The summed E-state index contributed by atoms with van der Waals surface area (Å²) in [5.41, 5.74) is 4.40. The Morgan fingerprint density at radius 3 is 2.79 bits per heavy atom. The third-order valence-electron chi connectivity index (χ3n) is 5.55. The number of hydrogen-bond donors (Lipinski definition) is 1. The largest absolute Gasteiger partial charge is 0.481 e. The number of rotatable bonds is 4. The number of nitrogens with one attached hydrogen (secondary N) is 1. The van der Waals surface area contributed by atoms with Crippen molar-refractivity contribution in [1.82, 2.24) is 20.2 Å². The van der Waals surface area contributed by atoms with Crippen LogP contribution in [-0.4, -0.2) is 46.5 Å². The highest BCUT2D eigenvalue weighted by Crippen LogP contribution is 2.24. The molecule has 2 atom stereocenters. The number of aromatic nitrogens is 2. The molecule has 1 N–H and O–H groups in total. The lowest BCUT2D eigenvalue weighted by atomic mass is 10.0. The molecule has 0 spiro atoms. The summed E-state index contributed by atoms with van der Waals surface area (Å²) in [7, 11) is 0. The van der Waals surface area contributed by atoms with Crippen molar-refractivity contribution in [3.63, 3.8) is 0 Å². The zero-order chi connectivity index (χ0) is 19.7. The number of amides is 1. The second-order valence-corrected chi connectivity index (χ2v) is 7.98. The van der Waals surface area contributed by atoms with Gasteiger partial charge in [-0.1, -0.05) is 6.07 Å². The number of nitrogens with zero attached hydrogens (tertiary/aromatic N) is 3. The van der Waals surface area contributed by atoms with E-state index in [9.17, 15) is 4.79 Å². The Bertz CT molecular complexity index is 857. The van der Waals surface area contributed by atoms with Crippen molar-refractivity contribution in [1.29, 1.82) is 0 Å². The molecule has 2 aromatic rings. The van der Waals surface area contributed by atoms with E-state index in [1.807, 2.05) is 44.0 Å². The van der Waals surface area contributed by atoms with E-state index in [4.69, 9.17) is 9.72 Å². The Morgan fingerprint density at radius 1 is 1.29 bits per heavy atom. The average molecular weight is 380 g/mol. The first-order chi connectivity index (χ1) is 13.5. The molecule has 3 heterocycles. The van der Waals surface area contributed by atoms with E-state index in [1.165, 1.54) is 0 Å². The van der Waals surface area contributed by atoms with Gasteiger partial charge >= 0.3 is 0 Å². The lowest BCUT2D eigenvalue weighted by molar-refractivity contribution is -0.138. The van der Waals surface area contributed by atoms with Gasteiger partial charge in [-0.15, -0.1) is 0 Å². The molecule has 1 saturated heterocycles. The highest BCUT2D eigenvalue weighted by atomic mass is 16.5. The van der Waals surface area contributed by atoms with Crippen molar-refractivity contribution in [2.24, 2.45) is 0 Å². The molecule has 6 nitrogen and oxygen atoms in total. The molecule has 0 unspecified atom stereocenters. The lowest BCUT2D eigenvalue weighted by Crippen LogP contribution is -2.43. The van der Waals surface area contributed by atoms with Crippen LogP contribution in [0.15, 0.2) is 24.4 Å². The molecule has 1 aromatic carbocycles. The van der Waals surface area contributed by atoms with Crippen molar-refractivity contribution in [2.45, 2.75) is 52.2 Å². The second kappa shape index (κ2) is 7.87. The topological polar surface area (TPSA) is 67.3 Å². The van der Waals surface area contributed by atoms with Crippen LogP contribution in [0, 0.1) is 13.8 Å². The van der Waals surface area contributed by atoms with Gasteiger partial charge in [0.15, 0.2) is 6.10 Å². The summed E-state index contributed by atoms with van der Waals surface area (Å²) in [6, 6.07) is 6.03. The minimum Gasteiger partial charge on any atom is -0.481 e. The van der Waals surface area contributed by atoms with Crippen LogP contribution in [0.25, 0.3) is 0 Å². The Kier molecular flexibility index (Phi) is 5.31. The Labute approximate surface area is 166 Å². The SMILES string of the molecule is Cc1cc(C)cc(O[C@@H](C)C(=O)N2CCc3nc([C@H]4CCNC4)ncc3C2)c1. The summed E-state index contributed by atoms with van der Waals surface area (Å²) in [4.78, 5) is 24.1. The Balaban J connectivity index is 1.42. The fourth-order valence-electron chi connectivity index (χ4n) is 4.10. The minimum absolute atomic E-state index is 0.00822. The summed E-state index contributed by atoms with van der Waals surface area (Å²) in [5.74, 6) is 2.11. The van der Waals surface area contributed by atoms with Gasteiger partial charge in [0.2, 0.25) is 0 Å². The van der Waals surface area contributed by atoms with Crippen LogP contribution in [0.3, 0.4) is 0 Å². The van der Waals surface area contributed by atoms with Crippen LogP contribution >= 0.6 is 0 Å². The van der Waals surface area contributed by atoms with Gasteiger partial charge in [-0.25, -0.2) is 9.97 Å². The number of hydrogen-bond acceptors (Lipinski definition) is 5. The third kappa shape index (κ3) is 4.02. The van der Waals surface area contributed by atoms with E-state index in [0.29, 0.717) is 19.0 Å². The van der Waals surface area contributed by atoms with Crippen LogP contribution in [-0.2, 0) is 17.8 Å². The maximum absolute atomic E-state index is 12.9. The number of carbonyl (C=O) groups is 1. The quantitative estimate of drug-likeness (QED) is 0.883. The van der Waals surface area contributed by atoms with Gasteiger partial charge < -0.3 is 15.0 Å². The van der Waals surface area contributed by atoms with Gasteiger partial charge in [-0.2, -0.15) is 0 Å². The smallest absolute Gasteiger partial charge is 0.263 e. The van der Waals surface area contributed by atoms with Gasteiger partial charge in [-0.05, 0) is 57.0 Å². The van der Waals surface area contributed by atoms with Crippen LogP contribution in [0.1, 0.15) is 47.5 Å². The van der Waals surface area contributed by atoms with Crippen molar-refractivity contribution in [3.05, 3.63) is 52.6 Å². The summed E-state index contributed by atoms with van der Waals surface area (Å²) in [5, 5.41) is 3.37. The molecule has 1 amide bonds. The van der Waals surface area contributed by atoms with Gasteiger partial charge in [-0.3, -0.25) is 4.79 Å². The number of ether oxygens (including phenoxy) is 1. The van der Waals surface area contributed by atoms with E-state index in [-0.39, 0.29) is 5.91 Å². The Morgan fingerprint density at radius 2 is 2.07 bits per heavy atom. The number of fused-ring (bicyclic) bond motifs is 1. The number of aryl methyl sites for hydroxylation is 2. The molecule has 2 aliphatic rings. The second-order valence-electron chi connectivity index (χ2n) is 7.98. The molecule has 0 aliphatic carbocycles. The van der Waals surface area contributed by atoms with Crippen molar-refractivity contribution in [3.8, 4) is 5.75 Å². The van der Waals surface area contributed by atoms with Crippen LogP contribution in [0.2, 0.25) is 0 Å². The van der Waals surface area contributed by atoms with Crippen LogP contribution in [0.5, 0.6) is 5.75 Å². The number of benzene rings is 1. The fourth-order valence-corrected chi connectivity index (χ4v) is 4.10. The van der Waals surface area contributed by atoms with E-state index < -0.39 is 6.10 Å². The zero-order valence-electron chi connectivity index (χ0n) is 16.9. The first-order valence-corrected chi connectivity index (χ1v) is 10.1. The first kappa shape index (κ1) is 18.9. The maximum Gasteiger partial charge on any atom is 0.263 e. The van der Waals surface area contributed by atoms with E-state index in [0.717, 1.165) is 59.9 Å². The summed E-state index contributed by atoms with van der Waals surface area (Å²) >= 11 is 0. The highest BCUT2D eigenvalue weighted by molar-refractivity contribution is 5.81. The highest BCUT2D eigenvalue weighted by Gasteiger charge is 2.28.